The number of fused-ring (bicyclic) bond motifs is 5. The third-order valence-corrected chi connectivity index (χ3v) is 9.14. The van der Waals surface area contributed by atoms with Crippen molar-refractivity contribution in [3.8, 4) is 0 Å². The maximum absolute atomic E-state index is 12.2. The molecule has 10 unspecified atom stereocenters. The number of aliphatic hydroxyl groups is 3. The summed E-state index contributed by atoms with van der Waals surface area (Å²) in [6.07, 6.45) is 4.85. The zero-order chi connectivity index (χ0) is 18.1. The third kappa shape index (κ3) is 2.40. The molecule has 0 aliphatic heterocycles. The van der Waals surface area contributed by atoms with Crippen molar-refractivity contribution in [3.05, 3.63) is 0 Å². The van der Waals surface area contributed by atoms with Gasteiger partial charge in [0.15, 0.2) is 0 Å². The molecule has 4 aliphatic rings. The molecule has 10 atom stereocenters. The van der Waals surface area contributed by atoms with Crippen molar-refractivity contribution in [1.82, 2.24) is 0 Å². The summed E-state index contributed by atoms with van der Waals surface area (Å²) in [5, 5.41) is 32.1. The molecule has 0 saturated heterocycles. The molecule has 0 radical (unpaired) electrons. The molecule has 0 heterocycles. The lowest BCUT2D eigenvalue weighted by Crippen LogP contribution is -2.60. The van der Waals surface area contributed by atoms with E-state index in [1.54, 1.807) is 6.92 Å². The number of carbonyl (C=O) groups excluding carboxylic acids is 1. The van der Waals surface area contributed by atoms with Gasteiger partial charge < -0.3 is 15.3 Å². The van der Waals surface area contributed by atoms with Crippen molar-refractivity contribution in [1.29, 1.82) is 0 Å². The van der Waals surface area contributed by atoms with Gasteiger partial charge in [-0.1, -0.05) is 13.8 Å². The van der Waals surface area contributed by atoms with Gasteiger partial charge in [-0.15, -0.1) is 0 Å². The number of carbonyl (C=O) groups is 1. The summed E-state index contributed by atoms with van der Waals surface area (Å²) in [4.78, 5) is 12.2. The lowest BCUT2D eigenvalue weighted by Gasteiger charge is -2.62. The van der Waals surface area contributed by atoms with Gasteiger partial charge in [-0.3, -0.25) is 4.79 Å². The summed E-state index contributed by atoms with van der Waals surface area (Å²) in [5.74, 6) is 1.01. The fraction of sp³-hybridized carbons (Fsp3) is 0.952. The van der Waals surface area contributed by atoms with E-state index in [-0.39, 0.29) is 40.5 Å². The number of hydrogen-bond donors (Lipinski definition) is 3. The molecule has 4 fully saturated rings. The van der Waals surface area contributed by atoms with Crippen LogP contribution < -0.4 is 0 Å². The molecule has 4 rings (SSSR count). The Morgan fingerprint density at radius 2 is 1.60 bits per heavy atom. The fourth-order valence-electron chi connectivity index (χ4n) is 7.88. The maximum Gasteiger partial charge on any atom is 0.133 e. The Labute approximate surface area is 151 Å². The van der Waals surface area contributed by atoms with Crippen molar-refractivity contribution in [2.45, 2.75) is 84.0 Å². The zero-order valence-electron chi connectivity index (χ0n) is 15.8. The molecular formula is C21H34O4. The quantitative estimate of drug-likeness (QED) is 0.679. The summed E-state index contributed by atoms with van der Waals surface area (Å²) >= 11 is 0. The van der Waals surface area contributed by atoms with Crippen LogP contribution in [0.2, 0.25) is 0 Å². The first-order chi connectivity index (χ1) is 11.7. The maximum atomic E-state index is 12.2. The van der Waals surface area contributed by atoms with Crippen LogP contribution in [0.15, 0.2) is 0 Å². The molecule has 0 aromatic rings. The number of aliphatic hydroxyl groups excluding tert-OH is 3. The Hall–Kier alpha value is -0.450. The second-order valence-electron chi connectivity index (χ2n) is 10.2. The standard InChI is InChI=1S/C21H34O4/c1-11(22)15-10-17(25)19-18-14(5-7-21(15,19)3)20(2)6-4-13(23)8-12(20)9-16(18)24/h12-19,23-25H,4-10H2,1-3H3. The lowest BCUT2D eigenvalue weighted by molar-refractivity contribution is -0.184. The van der Waals surface area contributed by atoms with E-state index in [9.17, 15) is 20.1 Å². The summed E-state index contributed by atoms with van der Waals surface area (Å²) in [6, 6.07) is 0. The SMILES string of the molecule is CC(=O)C1CC(O)C2C3C(O)CC4CC(O)CCC4(C)C3CCC12C. The van der Waals surface area contributed by atoms with Gasteiger partial charge >= 0.3 is 0 Å². The van der Waals surface area contributed by atoms with Gasteiger partial charge in [-0.05, 0) is 86.4 Å². The van der Waals surface area contributed by atoms with E-state index in [4.69, 9.17) is 0 Å². The first-order valence-corrected chi connectivity index (χ1v) is 10.2. The Morgan fingerprint density at radius 1 is 0.920 bits per heavy atom. The monoisotopic (exact) mass is 350 g/mol. The normalized spacial score (nSPS) is 58.2. The molecule has 4 nitrogen and oxygen atoms in total. The molecule has 0 aromatic heterocycles. The smallest absolute Gasteiger partial charge is 0.133 e. The fourth-order valence-corrected chi connectivity index (χ4v) is 7.88. The van der Waals surface area contributed by atoms with Crippen molar-refractivity contribution < 1.29 is 20.1 Å². The highest BCUT2D eigenvalue weighted by Gasteiger charge is 2.65. The average Bonchev–Trinajstić information content (AvgIpc) is 2.81. The van der Waals surface area contributed by atoms with Gasteiger partial charge in [-0.25, -0.2) is 0 Å². The number of rotatable bonds is 1. The minimum Gasteiger partial charge on any atom is -0.393 e. The molecule has 4 aliphatic carbocycles. The topological polar surface area (TPSA) is 77.8 Å². The summed E-state index contributed by atoms with van der Waals surface area (Å²) in [5.41, 5.74) is -0.0245. The minimum absolute atomic E-state index is 0.0276. The van der Waals surface area contributed by atoms with Gasteiger partial charge in [0, 0.05) is 5.92 Å². The van der Waals surface area contributed by atoms with Gasteiger partial charge in [-0.2, -0.15) is 0 Å². The zero-order valence-corrected chi connectivity index (χ0v) is 15.8. The second kappa shape index (κ2) is 5.77. The number of hydrogen-bond acceptors (Lipinski definition) is 4. The minimum atomic E-state index is -0.476. The van der Waals surface area contributed by atoms with Crippen molar-refractivity contribution in [3.63, 3.8) is 0 Å². The van der Waals surface area contributed by atoms with E-state index in [1.165, 1.54) is 0 Å². The van der Waals surface area contributed by atoms with E-state index in [2.05, 4.69) is 13.8 Å². The van der Waals surface area contributed by atoms with Crippen LogP contribution in [-0.4, -0.2) is 39.4 Å². The summed E-state index contributed by atoms with van der Waals surface area (Å²) in [7, 11) is 0. The third-order valence-electron chi connectivity index (χ3n) is 9.14. The van der Waals surface area contributed by atoms with Crippen LogP contribution in [-0.2, 0) is 4.79 Å². The first-order valence-electron chi connectivity index (χ1n) is 10.2. The summed E-state index contributed by atoms with van der Waals surface area (Å²) in [6.45, 7) is 6.20. The van der Waals surface area contributed by atoms with Gasteiger partial charge in [0.25, 0.3) is 0 Å². The van der Waals surface area contributed by atoms with Crippen molar-refractivity contribution in [2.24, 2.45) is 40.4 Å². The second-order valence-corrected chi connectivity index (χ2v) is 10.2. The largest absolute Gasteiger partial charge is 0.393 e. The molecule has 0 spiro atoms. The predicted molar refractivity (Wildman–Crippen MR) is 94.7 cm³/mol. The van der Waals surface area contributed by atoms with Crippen LogP contribution >= 0.6 is 0 Å². The Bertz CT molecular complexity index is 562. The first kappa shape index (κ1) is 17.9. The van der Waals surface area contributed by atoms with E-state index >= 15 is 0 Å². The van der Waals surface area contributed by atoms with E-state index in [1.807, 2.05) is 0 Å². The Kier molecular flexibility index (Phi) is 4.14. The van der Waals surface area contributed by atoms with Crippen LogP contribution in [0.4, 0.5) is 0 Å². The van der Waals surface area contributed by atoms with Crippen LogP contribution in [0.3, 0.4) is 0 Å². The molecule has 0 bridgehead atoms. The molecule has 0 amide bonds. The molecule has 0 aromatic carbocycles. The Morgan fingerprint density at radius 3 is 2.28 bits per heavy atom. The molecule has 142 valence electrons. The molecule has 25 heavy (non-hydrogen) atoms. The molecule has 4 saturated carbocycles. The van der Waals surface area contributed by atoms with E-state index in [0.29, 0.717) is 18.3 Å². The predicted octanol–water partition coefficient (Wildman–Crippen LogP) is 2.54. The van der Waals surface area contributed by atoms with Crippen LogP contribution in [0.25, 0.3) is 0 Å². The van der Waals surface area contributed by atoms with Gasteiger partial charge in [0.2, 0.25) is 0 Å². The van der Waals surface area contributed by atoms with Crippen LogP contribution in [0, 0.1) is 40.4 Å². The lowest BCUT2D eigenvalue weighted by atomic mass is 9.43. The summed E-state index contributed by atoms with van der Waals surface area (Å²) < 4.78 is 0. The highest BCUT2D eigenvalue weighted by atomic mass is 16.3. The average molecular weight is 350 g/mol. The highest BCUT2D eigenvalue weighted by molar-refractivity contribution is 5.79. The van der Waals surface area contributed by atoms with E-state index in [0.717, 1.165) is 38.5 Å². The van der Waals surface area contributed by atoms with Crippen molar-refractivity contribution in [2.75, 3.05) is 0 Å². The van der Waals surface area contributed by atoms with Gasteiger partial charge in [0.05, 0.1) is 18.3 Å². The molecule has 4 heteroatoms. The Balaban J connectivity index is 1.70. The van der Waals surface area contributed by atoms with Crippen LogP contribution in [0.5, 0.6) is 0 Å². The number of ketones is 1. The van der Waals surface area contributed by atoms with Crippen molar-refractivity contribution >= 4 is 5.78 Å². The highest BCUT2D eigenvalue weighted by Crippen LogP contribution is 2.67. The molecule has 3 N–H and O–H groups in total. The van der Waals surface area contributed by atoms with Crippen LogP contribution in [0.1, 0.15) is 65.7 Å². The number of Topliss-reactive ketones (excluding diaryl/α,β-unsaturated/α-hetero) is 1. The van der Waals surface area contributed by atoms with Gasteiger partial charge in [0.1, 0.15) is 5.78 Å². The van der Waals surface area contributed by atoms with E-state index < -0.39 is 12.2 Å². The molecular weight excluding hydrogens is 316 g/mol.